The van der Waals surface area contributed by atoms with Crippen molar-refractivity contribution in [2.24, 2.45) is 0 Å². The Hall–Kier alpha value is -2.23. The summed E-state index contributed by atoms with van der Waals surface area (Å²) in [5, 5.41) is 4.27. The normalized spacial score (nSPS) is 10.9. The molecule has 0 unspecified atom stereocenters. The predicted octanol–water partition coefficient (Wildman–Crippen LogP) is 2.43. The second kappa shape index (κ2) is 3.66. The van der Waals surface area contributed by atoms with Gasteiger partial charge in [-0.2, -0.15) is 5.10 Å². The molecule has 2 heterocycles. The molecule has 4 heteroatoms. The predicted molar refractivity (Wildman–Crippen MR) is 66.1 cm³/mol. The van der Waals surface area contributed by atoms with Gasteiger partial charge in [-0.3, -0.25) is 0 Å². The molecule has 0 radical (unpaired) electrons. The number of nitrogens with zero attached hydrogens (tertiary/aromatic N) is 4. The maximum Gasteiger partial charge on any atom is 0.175 e. The fourth-order valence-electron chi connectivity index (χ4n) is 1.82. The minimum Gasteiger partial charge on any atom is -0.248 e. The van der Waals surface area contributed by atoms with Crippen molar-refractivity contribution in [3.63, 3.8) is 0 Å². The fraction of sp³-hybridized carbons (Fsp3) is 0.154. The summed E-state index contributed by atoms with van der Waals surface area (Å²) in [4.78, 5) is 9.13. The molecule has 1 aromatic carbocycles. The van der Waals surface area contributed by atoms with E-state index in [1.54, 1.807) is 4.68 Å². The van der Waals surface area contributed by atoms with E-state index < -0.39 is 0 Å². The van der Waals surface area contributed by atoms with Crippen LogP contribution in [0.1, 0.15) is 11.3 Å². The van der Waals surface area contributed by atoms with Crippen LogP contribution in [0.25, 0.3) is 16.9 Å². The summed E-state index contributed by atoms with van der Waals surface area (Å²) in [5.41, 5.74) is 3.80. The maximum atomic E-state index is 4.60. The minimum absolute atomic E-state index is 0.789. The lowest BCUT2D eigenvalue weighted by atomic mass is 10.3. The third-order valence-electron chi connectivity index (χ3n) is 2.65. The van der Waals surface area contributed by atoms with Gasteiger partial charge in [0.2, 0.25) is 0 Å². The summed E-state index contributed by atoms with van der Waals surface area (Å²) < 4.78 is 1.77. The molecule has 0 saturated carbocycles. The molecule has 0 aliphatic carbocycles. The highest BCUT2D eigenvalue weighted by atomic mass is 15.3. The third kappa shape index (κ3) is 1.67. The molecule has 0 aliphatic heterocycles. The number of aryl methyl sites for hydroxylation is 2. The number of para-hydroxylation sites is 2. The van der Waals surface area contributed by atoms with Crippen LogP contribution in [0, 0.1) is 13.8 Å². The Bertz CT molecular complexity index is 685. The third-order valence-corrected chi connectivity index (χ3v) is 2.65. The quantitative estimate of drug-likeness (QED) is 0.637. The maximum absolute atomic E-state index is 4.60. The van der Waals surface area contributed by atoms with Gasteiger partial charge in [0.1, 0.15) is 0 Å². The van der Waals surface area contributed by atoms with Gasteiger partial charge in [-0.15, -0.1) is 0 Å². The summed E-state index contributed by atoms with van der Waals surface area (Å²) in [6.07, 6.45) is 3.77. The zero-order valence-electron chi connectivity index (χ0n) is 9.75. The highest BCUT2D eigenvalue weighted by molar-refractivity contribution is 5.75. The van der Waals surface area contributed by atoms with Crippen molar-refractivity contribution in [3.05, 3.63) is 47.9 Å². The standard InChI is InChI=1S/C13H12N4/c1-9-7-14-17(8-9)13-10(2)15-11-5-3-4-6-12(11)16-13/h3-8H,1-2H3. The van der Waals surface area contributed by atoms with Crippen LogP contribution in [-0.2, 0) is 0 Å². The molecular formula is C13H12N4. The van der Waals surface area contributed by atoms with E-state index in [0.29, 0.717) is 0 Å². The van der Waals surface area contributed by atoms with E-state index in [9.17, 15) is 0 Å². The van der Waals surface area contributed by atoms with E-state index in [1.807, 2.05) is 50.5 Å². The molecule has 0 N–H and O–H groups in total. The molecule has 0 bridgehead atoms. The van der Waals surface area contributed by atoms with Gasteiger partial charge in [0.25, 0.3) is 0 Å². The van der Waals surface area contributed by atoms with E-state index in [-0.39, 0.29) is 0 Å². The lowest BCUT2D eigenvalue weighted by Gasteiger charge is -2.05. The van der Waals surface area contributed by atoms with Gasteiger partial charge in [0, 0.05) is 6.20 Å². The molecule has 84 valence electrons. The van der Waals surface area contributed by atoms with E-state index >= 15 is 0 Å². The Morgan fingerprint density at radius 3 is 2.35 bits per heavy atom. The summed E-state index contributed by atoms with van der Waals surface area (Å²) in [5.74, 6) is 0.789. The molecule has 2 aromatic heterocycles. The van der Waals surface area contributed by atoms with Crippen LogP contribution in [-0.4, -0.2) is 19.7 Å². The van der Waals surface area contributed by atoms with E-state index in [4.69, 9.17) is 0 Å². The molecule has 3 rings (SSSR count). The zero-order chi connectivity index (χ0) is 11.8. The molecule has 0 amide bonds. The van der Waals surface area contributed by atoms with Crippen molar-refractivity contribution in [2.75, 3.05) is 0 Å². The average molecular weight is 224 g/mol. The van der Waals surface area contributed by atoms with Crippen LogP contribution < -0.4 is 0 Å². The lowest BCUT2D eigenvalue weighted by Crippen LogP contribution is -2.03. The first-order valence-corrected chi connectivity index (χ1v) is 5.49. The van der Waals surface area contributed by atoms with Gasteiger partial charge in [-0.25, -0.2) is 14.6 Å². The molecule has 3 aromatic rings. The molecule has 0 atom stereocenters. The Kier molecular flexibility index (Phi) is 2.14. The highest BCUT2D eigenvalue weighted by Crippen LogP contribution is 2.15. The second-order valence-electron chi connectivity index (χ2n) is 4.08. The van der Waals surface area contributed by atoms with Crippen LogP contribution in [0.4, 0.5) is 0 Å². The molecule has 0 saturated heterocycles. The highest BCUT2D eigenvalue weighted by Gasteiger charge is 2.07. The van der Waals surface area contributed by atoms with Crippen molar-refractivity contribution >= 4 is 11.0 Å². The molecule has 0 aliphatic rings. The molecule has 0 fully saturated rings. The lowest BCUT2D eigenvalue weighted by molar-refractivity contribution is 0.833. The topological polar surface area (TPSA) is 43.6 Å². The van der Waals surface area contributed by atoms with Crippen molar-refractivity contribution in [1.29, 1.82) is 0 Å². The minimum atomic E-state index is 0.789. The SMILES string of the molecule is Cc1cnn(-c2nc3ccccc3nc2C)c1. The fourth-order valence-corrected chi connectivity index (χ4v) is 1.82. The van der Waals surface area contributed by atoms with Crippen LogP contribution in [0.2, 0.25) is 0 Å². The van der Waals surface area contributed by atoms with E-state index in [2.05, 4.69) is 15.1 Å². The van der Waals surface area contributed by atoms with Crippen LogP contribution in [0.5, 0.6) is 0 Å². The number of rotatable bonds is 1. The summed E-state index contributed by atoms with van der Waals surface area (Å²) >= 11 is 0. The van der Waals surface area contributed by atoms with Crippen molar-refractivity contribution in [3.8, 4) is 5.82 Å². The Balaban J connectivity index is 2.26. The average Bonchev–Trinajstić information content (AvgIpc) is 2.75. The first-order chi connectivity index (χ1) is 8.24. The van der Waals surface area contributed by atoms with E-state index in [0.717, 1.165) is 28.1 Å². The molecular weight excluding hydrogens is 212 g/mol. The second-order valence-corrected chi connectivity index (χ2v) is 4.08. The largest absolute Gasteiger partial charge is 0.248 e. The first-order valence-electron chi connectivity index (χ1n) is 5.49. The summed E-state index contributed by atoms with van der Waals surface area (Å²) in [6.45, 7) is 3.96. The number of hydrogen-bond acceptors (Lipinski definition) is 3. The van der Waals surface area contributed by atoms with Gasteiger partial charge in [0.05, 0.1) is 22.9 Å². The first kappa shape index (κ1) is 9.96. The van der Waals surface area contributed by atoms with E-state index in [1.165, 1.54) is 0 Å². The smallest absolute Gasteiger partial charge is 0.175 e. The molecule has 0 spiro atoms. The van der Waals surface area contributed by atoms with Gasteiger partial charge in [-0.1, -0.05) is 12.1 Å². The van der Waals surface area contributed by atoms with Crippen LogP contribution >= 0.6 is 0 Å². The van der Waals surface area contributed by atoms with Crippen molar-refractivity contribution in [2.45, 2.75) is 13.8 Å². The van der Waals surface area contributed by atoms with Crippen molar-refractivity contribution in [1.82, 2.24) is 19.7 Å². The Morgan fingerprint density at radius 1 is 1.00 bits per heavy atom. The Morgan fingerprint density at radius 2 is 1.71 bits per heavy atom. The Labute approximate surface area is 98.9 Å². The van der Waals surface area contributed by atoms with Crippen molar-refractivity contribution < 1.29 is 0 Å². The van der Waals surface area contributed by atoms with Gasteiger partial charge in [0.15, 0.2) is 5.82 Å². The summed E-state index contributed by atoms with van der Waals surface area (Å²) in [6, 6.07) is 7.85. The molecule has 4 nitrogen and oxygen atoms in total. The number of hydrogen-bond donors (Lipinski definition) is 0. The zero-order valence-corrected chi connectivity index (χ0v) is 9.75. The molecule has 17 heavy (non-hydrogen) atoms. The van der Waals surface area contributed by atoms with Gasteiger partial charge < -0.3 is 0 Å². The van der Waals surface area contributed by atoms with Crippen LogP contribution in [0.3, 0.4) is 0 Å². The summed E-state index contributed by atoms with van der Waals surface area (Å²) in [7, 11) is 0. The number of benzene rings is 1. The number of aromatic nitrogens is 4. The number of fused-ring (bicyclic) bond motifs is 1. The van der Waals surface area contributed by atoms with Gasteiger partial charge >= 0.3 is 0 Å². The monoisotopic (exact) mass is 224 g/mol. The van der Waals surface area contributed by atoms with Gasteiger partial charge in [-0.05, 0) is 31.5 Å². The van der Waals surface area contributed by atoms with Crippen LogP contribution in [0.15, 0.2) is 36.7 Å².